The summed E-state index contributed by atoms with van der Waals surface area (Å²) >= 11 is 0. The third-order valence-electron chi connectivity index (χ3n) is 5.12. The average Bonchev–Trinajstić information content (AvgIpc) is 3.21. The first kappa shape index (κ1) is 20.1. The highest BCUT2D eigenvalue weighted by atomic mass is 32.2. The van der Waals surface area contributed by atoms with Crippen LogP contribution in [0, 0.1) is 12.7 Å². The molecule has 0 radical (unpaired) electrons. The highest BCUT2D eigenvalue weighted by molar-refractivity contribution is 7.89. The number of sulfonamides is 1. The summed E-state index contributed by atoms with van der Waals surface area (Å²) in [7, 11) is -2.30. The van der Waals surface area contributed by atoms with Gasteiger partial charge in [-0.05, 0) is 66.6 Å². The fraction of sp³-hybridized carbons (Fsp3) is 0.174. The van der Waals surface area contributed by atoms with E-state index in [2.05, 4.69) is 5.10 Å². The van der Waals surface area contributed by atoms with E-state index in [1.165, 1.54) is 12.1 Å². The molecule has 0 fully saturated rings. The second-order valence-electron chi connectivity index (χ2n) is 7.14. The van der Waals surface area contributed by atoms with E-state index >= 15 is 0 Å². The summed E-state index contributed by atoms with van der Waals surface area (Å²) in [6, 6.07) is 19.3. The van der Waals surface area contributed by atoms with Gasteiger partial charge in [-0.1, -0.05) is 29.8 Å². The van der Waals surface area contributed by atoms with Crippen molar-refractivity contribution in [1.29, 1.82) is 0 Å². The van der Waals surface area contributed by atoms with Gasteiger partial charge in [0.25, 0.3) is 10.0 Å². The van der Waals surface area contributed by atoms with Crippen LogP contribution >= 0.6 is 0 Å². The van der Waals surface area contributed by atoms with Crippen molar-refractivity contribution >= 4 is 15.7 Å². The number of methoxy groups -OCH3 is 1. The van der Waals surface area contributed by atoms with Gasteiger partial charge in [-0.25, -0.2) is 4.39 Å². The number of hydrogen-bond donors (Lipinski definition) is 0. The van der Waals surface area contributed by atoms with Crippen molar-refractivity contribution in [1.82, 2.24) is 4.41 Å². The molecule has 1 atom stereocenters. The lowest BCUT2D eigenvalue weighted by Crippen LogP contribution is -2.27. The molecular formula is C23H21FN2O3S. The van der Waals surface area contributed by atoms with E-state index in [9.17, 15) is 12.8 Å². The van der Waals surface area contributed by atoms with Gasteiger partial charge in [-0.2, -0.15) is 17.9 Å². The summed E-state index contributed by atoms with van der Waals surface area (Å²) in [5, 5.41) is 4.49. The van der Waals surface area contributed by atoms with Crippen LogP contribution in [-0.4, -0.2) is 25.7 Å². The van der Waals surface area contributed by atoms with E-state index in [0.29, 0.717) is 23.4 Å². The molecule has 7 heteroatoms. The molecule has 0 aliphatic carbocycles. The van der Waals surface area contributed by atoms with Gasteiger partial charge in [0.05, 0.1) is 23.8 Å². The van der Waals surface area contributed by atoms with Crippen molar-refractivity contribution in [3.63, 3.8) is 0 Å². The molecule has 5 nitrogen and oxygen atoms in total. The third-order valence-corrected chi connectivity index (χ3v) is 6.81. The smallest absolute Gasteiger partial charge is 0.279 e. The zero-order chi connectivity index (χ0) is 21.3. The van der Waals surface area contributed by atoms with Crippen LogP contribution in [0.2, 0.25) is 0 Å². The normalized spacial score (nSPS) is 16.4. The largest absolute Gasteiger partial charge is 0.497 e. The molecule has 3 aromatic rings. The quantitative estimate of drug-likeness (QED) is 0.597. The number of nitrogens with zero attached hydrogens (tertiary/aromatic N) is 2. The van der Waals surface area contributed by atoms with Gasteiger partial charge in [-0.3, -0.25) is 0 Å². The number of rotatable bonds is 5. The minimum atomic E-state index is -3.89. The maximum absolute atomic E-state index is 13.4. The first-order valence-electron chi connectivity index (χ1n) is 9.47. The summed E-state index contributed by atoms with van der Waals surface area (Å²) in [5.41, 5.74) is 3.10. The predicted octanol–water partition coefficient (Wildman–Crippen LogP) is 4.68. The monoisotopic (exact) mass is 424 g/mol. The number of aryl methyl sites for hydroxylation is 1. The Kier molecular flexibility index (Phi) is 5.30. The predicted molar refractivity (Wildman–Crippen MR) is 113 cm³/mol. The molecule has 3 aromatic carbocycles. The van der Waals surface area contributed by atoms with Gasteiger partial charge in [0, 0.05) is 6.42 Å². The summed E-state index contributed by atoms with van der Waals surface area (Å²) in [5.74, 6) is 0.331. The molecule has 0 bridgehead atoms. The van der Waals surface area contributed by atoms with Gasteiger partial charge in [0.15, 0.2) is 0 Å². The minimum absolute atomic E-state index is 0.167. The molecule has 0 aromatic heterocycles. The van der Waals surface area contributed by atoms with Crippen LogP contribution in [0.15, 0.2) is 82.8 Å². The molecule has 154 valence electrons. The molecule has 0 saturated carbocycles. The lowest BCUT2D eigenvalue weighted by molar-refractivity contribution is 0.371. The van der Waals surface area contributed by atoms with Gasteiger partial charge < -0.3 is 4.74 Å². The summed E-state index contributed by atoms with van der Waals surface area (Å²) < 4.78 is 46.6. The summed E-state index contributed by atoms with van der Waals surface area (Å²) in [4.78, 5) is 0.167. The van der Waals surface area contributed by atoms with Crippen molar-refractivity contribution in [3.05, 3.63) is 95.3 Å². The van der Waals surface area contributed by atoms with Crippen LogP contribution in [0.3, 0.4) is 0 Å². The molecule has 1 aliphatic heterocycles. The van der Waals surface area contributed by atoms with E-state index in [4.69, 9.17) is 4.74 Å². The molecule has 0 saturated heterocycles. The Morgan fingerprint density at radius 1 is 0.967 bits per heavy atom. The fourth-order valence-electron chi connectivity index (χ4n) is 3.42. The second-order valence-corrected chi connectivity index (χ2v) is 8.93. The van der Waals surface area contributed by atoms with Gasteiger partial charge in [0.2, 0.25) is 0 Å². The Bertz CT molecular complexity index is 1170. The highest BCUT2D eigenvalue weighted by Crippen LogP contribution is 2.37. The van der Waals surface area contributed by atoms with E-state index in [1.54, 1.807) is 43.5 Å². The molecule has 0 amide bonds. The summed E-state index contributed by atoms with van der Waals surface area (Å²) in [6.45, 7) is 1.90. The fourth-order valence-corrected chi connectivity index (χ4v) is 4.85. The zero-order valence-electron chi connectivity index (χ0n) is 16.6. The molecule has 0 N–H and O–H groups in total. The number of hydrogen-bond acceptors (Lipinski definition) is 4. The number of hydrazone groups is 1. The second kappa shape index (κ2) is 7.91. The standard InChI is InChI=1S/C23H21FN2O3S/c1-16-3-13-21(14-4-16)30(27,28)26-23(18-5-9-19(24)10-6-18)15-22(25-26)17-7-11-20(29-2)12-8-17/h3-14,23H,15H2,1-2H3/t23-/m1/s1. The molecular weight excluding hydrogens is 403 g/mol. The van der Waals surface area contributed by atoms with E-state index in [1.807, 2.05) is 31.2 Å². The van der Waals surface area contributed by atoms with Gasteiger partial charge >= 0.3 is 0 Å². The van der Waals surface area contributed by atoms with Crippen LogP contribution in [0.5, 0.6) is 5.75 Å². The minimum Gasteiger partial charge on any atom is -0.497 e. The molecule has 0 spiro atoms. The maximum atomic E-state index is 13.4. The van der Waals surface area contributed by atoms with Gasteiger partial charge in [0.1, 0.15) is 11.6 Å². The lowest BCUT2D eigenvalue weighted by atomic mass is 9.99. The lowest BCUT2D eigenvalue weighted by Gasteiger charge is -2.23. The SMILES string of the molecule is COc1ccc(C2=NN(S(=O)(=O)c3ccc(C)cc3)[C@@H](c3ccc(F)cc3)C2)cc1. The third kappa shape index (κ3) is 3.80. The molecule has 0 unspecified atom stereocenters. The highest BCUT2D eigenvalue weighted by Gasteiger charge is 2.37. The number of ether oxygens (including phenoxy) is 1. The van der Waals surface area contributed by atoms with Crippen molar-refractivity contribution in [2.45, 2.75) is 24.3 Å². The Morgan fingerprint density at radius 3 is 2.20 bits per heavy atom. The van der Waals surface area contributed by atoms with Crippen molar-refractivity contribution in [2.75, 3.05) is 7.11 Å². The van der Waals surface area contributed by atoms with Crippen LogP contribution in [0.1, 0.15) is 29.2 Å². The molecule has 1 aliphatic rings. The van der Waals surface area contributed by atoms with Crippen LogP contribution in [-0.2, 0) is 10.0 Å². The molecule has 4 rings (SSSR count). The first-order chi connectivity index (χ1) is 14.4. The van der Waals surface area contributed by atoms with Crippen molar-refractivity contribution in [3.8, 4) is 5.75 Å². The Labute approximate surface area is 175 Å². The Balaban J connectivity index is 1.77. The summed E-state index contributed by atoms with van der Waals surface area (Å²) in [6.07, 6.45) is 0.378. The van der Waals surface area contributed by atoms with Crippen LogP contribution in [0.25, 0.3) is 0 Å². The van der Waals surface area contributed by atoms with Crippen LogP contribution < -0.4 is 4.74 Å². The van der Waals surface area contributed by atoms with E-state index in [0.717, 1.165) is 15.5 Å². The first-order valence-corrected chi connectivity index (χ1v) is 10.9. The van der Waals surface area contributed by atoms with Crippen molar-refractivity contribution in [2.24, 2.45) is 5.10 Å². The maximum Gasteiger partial charge on any atom is 0.279 e. The number of halogens is 1. The molecule has 1 heterocycles. The number of benzene rings is 3. The Hall–Kier alpha value is -3.19. The topological polar surface area (TPSA) is 59.0 Å². The molecule has 30 heavy (non-hydrogen) atoms. The van der Waals surface area contributed by atoms with Crippen molar-refractivity contribution < 1.29 is 17.5 Å². The Morgan fingerprint density at radius 2 is 1.60 bits per heavy atom. The average molecular weight is 424 g/mol. The van der Waals surface area contributed by atoms with E-state index in [-0.39, 0.29) is 10.7 Å². The van der Waals surface area contributed by atoms with E-state index < -0.39 is 16.1 Å². The zero-order valence-corrected chi connectivity index (χ0v) is 17.4. The van der Waals surface area contributed by atoms with Crippen LogP contribution in [0.4, 0.5) is 4.39 Å². The van der Waals surface area contributed by atoms with Gasteiger partial charge in [-0.15, -0.1) is 0 Å².